The van der Waals surface area contributed by atoms with Crippen LogP contribution in [0.15, 0.2) is 36.5 Å². The van der Waals surface area contributed by atoms with Crippen LogP contribution in [-0.2, 0) is 14.4 Å². The summed E-state index contributed by atoms with van der Waals surface area (Å²) in [4.78, 5) is 45.9. The Morgan fingerprint density at radius 1 is 1.12 bits per heavy atom. The van der Waals surface area contributed by atoms with Gasteiger partial charge in [0.1, 0.15) is 11.6 Å². The van der Waals surface area contributed by atoms with Crippen LogP contribution in [0.3, 0.4) is 0 Å². The highest BCUT2D eigenvalue weighted by atomic mass is 16.2. The number of amides is 2. The summed E-state index contributed by atoms with van der Waals surface area (Å²) >= 11 is 0. The Kier molecular flexibility index (Phi) is 9.86. The van der Waals surface area contributed by atoms with Crippen molar-refractivity contribution in [3.63, 3.8) is 0 Å². The van der Waals surface area contributed by atoms with Gasteiger partial charge in [0, 0.05) is 39.3 Å². The van der Waals surface area contributed by atoms with E-state index in [0.717, 1.165) is 68.7 Å². The van der Waals surface area contributed by atoms with Crippen LogP contribution < -0.4 is 5.32 Å². The van der Waals surface area contributed by atoms with Crippen molar-refractivity contribution in [2.45, 2.75) is 77.7 Å². The number of carbonyl (C=O) groups is 3. The number of imidazole rings is 1. The lowest BCUT2D eigenvalue weighted by molar-refractivity contribution is -0.130. The Balaban J connectivity index is 1.58. The van der Waals surface area contributed by atoms with Crippen LogP contribution in [0.4, 0.5) is 0 Å². The number of unbranched alkanes of at least 4 members (excludes halogenated alkanes) is 2. The first kappa shape index (κ1) is 25.7. The zero-order valence-corrected chi connectivity index (χ0v) is 20.5. The Hall–Kier alpha value is -2.96. The summed E-state index contributed by atoms with van der Waals surface area (Å²) in [5, 5.41) is 3.21. The van der Waals surface area contributed by atoms with Crippen LogP contribution in [0, 0.1) is 5.92 Å². The molecule has 2 aromatic rings. The van der Waals surface area contributed by atoms with Crippen LogP contribution in [0.5, 0.6) is 0 Å². The molecule has 2 heterocycles. The second-order valence-corrected chi connectivity index (χ2v) is 9.31. The number of hydrogen-bond donors (Lipinski definition) is 2. The van der Waals surface area contributed by atoms with Crippen molar-refractivity contribution < 1.29 is 14.4 Å². The molecule has 1 aliphatic heterocycles. The first-order valence-corrected chi connectivity index (χ1v) is 12.6. The average molecular weight is 467 g/mol. The fraction of sp³-hybridized carbons (Fsp3) is 0.556. The molecule has 34 heavy (non-hydrogen) atoms. The lowest BCUT2D eigenvalue weighted by Gasteiger charge is -2.31. The number of benzene rings is 1. The third kappa shape index (κ3) is 7.82. The number of nitrogens with one attached hydrogen (secondary N) is 2. The van der Waals surface area contributed by atoms with E-state index in [0.29, 0.717) is 31.0 Å². The van der Waals surface area contributed by atoms with E-state index in [1.54, 1.807) is 6.92 Å². The van der Waals surface area contributed by atoms with Crippen molar-refractivity contribution in [1.29, 1.82) is 0 Å². The van der Waals surface area contributed by atoms with Gasteiger partial charge >= 0.3 is 0 Å². The molecule has 0 radical (unpaired) electrons. The van der Waals surface area contributed by atoms with Crippen LogP contribution >= 0.6 is 0 Å². The molecule has 0 unspecified atom stereocenters. The Labute approximate surface area is 202 Å². The van der Waals surface area contributed by atoms with E-state index in [4.69, 9.17) is 0 Å². The molecule has 184 valence electrons. The standard InChI is InChI=1S/C27H38N4O3/c1-3-23(33)12-8-5-9-13-24(27-28-19-25(30-27)22-10-6-4-7-11-22)29-26(34)18-21-14-16-31(17-15-21)20(2)32/h4,6-7,10-11,19,21,24H,3,5,8-9,12-18H2,1-2H3,(H,28,30)(H,29,34)/t24-/m0/s1. The predicted molar refractivity (Wildman–Crippen MR) is 133 cm³/mol. The number of H-pyrrole nitrogens is 1. The highest BCUT2D eigenvalue weighted by molar-refractivity contribution is 5.78. The van der Waals surface area contributed by atoms with E-state index in [1.165, 1.54) is 0 Å². The Morgan fingerprint density at radius 3 is 2.53 bits per heavy atom. The number of aromatic nitrogens is 2. The highest BCUT2D eigenvalue weighted by Crippen LogP contribution is 2.25. The first-order chi connectivity index (χ1) is 16.5. The average Bonchev–Trinajstić information content (AvgIpc) is 3.34. The molecule has 0 saturated carbocycles. The Bertz CT molecular complexity index is 932. The van der Waals surface area contributed by atoms with Crippen LogP contribution in [-0.4, -0.2) is 45.6 Å². The molecule has 0 bridgehead atoms. The lowest BCUT2D eigenvalue weighted by atomic mass is 9.93. The molecular weight excluding hydrogens is 428 g/mol. The van der Waals surface area contributed by atoms with Crippen molar-refractivity contribution in [2.24, 2.45) is 5.92 Å². The maximum absolute atomic E-state index is 12.9. The SMILES string of the molecule is CCC(=O)CCCCC[C@H](NC(=O)CC1CCN(C(C)=O)CC1)c1ncc(-c2ccccc2)[nH]1. The molecule has 2 amide bonds. The molecule has 0 spiro atoms. The van der Waals surface area contributed by atoms with Crippen molar-refractivity contribution in [2.75, 3.05) is 13.1 Å². The van der Waals surface area contributed by atoms with E-state index in [-0.39, 0.29) is 17.9 Å². The van der Waals surface area contributed by atoms with E-state index in [2.05, 4.69) is 15.3 Å². The lowest BCUT2D eigenvalue weighted by Crippen LogP contribution is -2.39. The number of hydrogen-bond acceptors (Lipinski definition) is 4. The molecule has 1 atom stereocenters. The maximum atomic E-state index is 12.9. The second-order valence-electron chi connectivity index (χ2n) is 9.31. The van der Waals surface area contributed by atoms with E-state index >= 15 is 0 Å². The summed E-state index contributed by atoms with van der Waals surface area (Å²) in [6, 6.07) is 9.83. The topological polar surface area (TPSA) is 95.2 Å². The smallest absolute Gasteiger partial charge is 0.220 e. The van der Waals surface area contributed by atoms with Crippen LogP contribution in [0.25, 0.3) is 11.3 Å². The number of likely N-dealkylation sites (tertiary alicyclic amines) is 1. The number of piperidine rings is 1. The molecule has 1 aliphatic rings. The normalized spacial score (nSPS) is 15.2. The predicted octanol–water partition coefficient (Wildman–Crippen LogP) is 4.81. The van der Waals surface area contributed by atoms with E-state index in [9.17, 15) is 14.4 Å². The fourth-order valence-electron chi connectivity index (χ4n) is 4.55. The van der Waals surface area contributed by atoms with Gasteiger partial charge < -0.3 is 15.2 Å². The fourth-order valence-corrected chi connectivity index (χ4v) is 4.55. The number of aromatic amines is 1. The molecule has 1 aromatic heterocycles. The quantitative estimate of drug-likeness (QED) is 0.439. The Morgan fingerprint density at radius 2 is 1.85 bits per heavy atom. The van der Waals surface area contributed by atoms with Gasteiger partial charge in [0.2, 0.25) is 11.8 Å². The van der Waals surface area contributed by atoms with Crippen molar-refractivity contribution >= 4 is 17.6 Å². The van der Waals surface area contributed by atoms with Crippen LogP contribution in [0.1, 0.15) is 83.5 Å². The number of nitrogens with zero attached hydrogens (tertiary/aromatic N) is 2. The summed E-state index contributed by atoms with van der Waals surface area (Å²) < 4.78 is 0. The van der Waals surface area contributed by atoms with Gasteiger partial charge in [0.05, 0.1) is 17.9 Å². The molecule has 2 N–H and O–H groups in total. The maximum Gasteiger partial charge on any atom is 0.220 e. The molecular formula is C27H38N4O3. The highest BCUT2D eigenvalue weighted by Gasteiger charge is 2.25. The third-order valence-corrected chi connectivity index (χ3v) is 6.72. The molecule has 7 heteroatoms. The van der Waals surface area contributed by atoms with Crippen molar-refractivity contribution in [3.05, 3.63) is 42.4 Å². The minimum absolute atomic E-state index is 0.0325. The molecule has 7 nitrogen and oxygen atoms in total. The number of ketones is 1. The van der Waals surface area contributed by atoms with Gasteiger partial charge in [-0.05, 0) is 37.2 Å². The minimum Gasteiger partial charge on any atom is -0.346 e. The van der Waals surface area contributed by atoms with E-state index in [1.807, 2.05) is 48.4 Å². The zero-order chi connectivity index (χ0) is 24.3. The molecule has 0 aliphatic carbocycles. The summed E-state index contributed by atoms with van der Waals surface area (Å²) in [7, 11) is 0. The monoisotopic (exact) mass is 466 g/mol. The van der Waals surface area contributed by atoms with Gasteiger partial charge in [0.15, 0.2) is 0 Å². The summed E-state index contributed by atoms with van der Waals surface area (Å²) in [5.41, 5.74) is 1.99. The van der Waals surface area contributed by atoms with Gasteiger partial charge in [0.25, 0.3) is 0 Å². The number of carbonyl (C=O) groups excluding carboxylic acids is 3. The van der Waals surface area contributed by atoms with Crippen LogP contribution in [0.2, 0.25) is 0 Å². The van der Waals surface area contributed by atoms with Crippen molar-refractivity contribution in [1.82, 2.24) is 20.2 Å². The molecule has 1 fully saturated rings. The summed E-state index contributed by atoms with van der Waals surface area (Å²) in [6.07, 6.45) is 8.77. The third-order valence-electron chi connectivity index (χ3n) is 6.72. The van der Waals surface area contributed by atoms with Crippen molar-refractivity contribution in [3.8, 4) is 11.3 Å². The zero-order valence-electron chi connectivity index (χ0n) is 20.5. The second kappa shape index (κ2) is 13.1. The van der Waals surface area contributed by atoms with E-state index < -0.39 is 0 Å². The minimum atomic E-state index is -0.191. The number of Topliss-reactive ketones (excluding diaryl/α,β-unsaturated/α-hetero) is 1. The largest absolute Gasteiger partial charge is 0.346 e. The molecule has 1 saturated heterocycles. The van der Waals surface area contributed by atoms with Gasteiger partial charge in [-0.3, -0.25) is 14.4 Å². The number of rotatable bonds is 12. The van der Waals surface area contributed by atoms with Gasteiger partial charge in [-0.25, -0.2) is 4.98 Å². The molecule has 1 aromatic carbocycles. The summed E-state index contributed by atoms with van der Waals surface area (Å²) in [5.74, 6) is 1.51. The van der Waals surface area contributed by atoms with Gasteiger partial charge in [-0.2, -0.15) is 0 Å². The molecule has 3 rings (SSSR count). The van der Waals surface area contributed by atoms with Gasteiger partial charge in [-0.1, -0.05) is 50.1 Å². The van der Waals surface area contributed by atoms with Gasteiger partial charge in [-0.15, -0.1) is 0 Å². The first-order valence-electron chi connectivity index (χ1n) is 12.6. The summed E-state index contributed by atoms with van der Waals surface area (Å²) in [6.45, 7) is 4.96.